The van der Waals surface area contributed by atoms with E-state index in [1.165, 1.54) is 6.07 Å². The molecule has 0 radical (unpaired) electrons. The van der Waals surface area contributed by atoms with Crippen LogP contribution in [0.1, 0.15) is 25.3 Å². The second kappa shape index (κ2) is 6.00. The molecule has 18 heavy (non-hydrogen) atoms. The highest BCUT2D eigenvalue weighted by Gasteiger charge is 2.22. The Balaban J connectivity index is 1.86. The highest BCUT2D eigenvalue weighted by Crippen LogP contribution is 2.18. The third-order valence-electron chi connectivity index (χ3n) is 3.79. The van der Waals surface area contributed by atoms with E-state index >= 15 is 0 Å². The van der Waals surface area contributed by atoms with Crippen LogP contribution in [0.15, 0.2) is 18.2 Å². The second-order valence-electron chi connectivity index (χ2n) is 5.18. The van der Waals surface area contributed by atoms with Crippen LogP contribution in [0, 0.1) is 5.82 Å². The van der Waals surface area contributed by atoms with Crippen LogP contribution in [0.5, 0.6) is 0 Å². The molecule has 1 aromatic rings. The van der Waals surface area contributed by atoms with Gasteiger partial charge in [0.25, 0.3) is 0 Å². The van der Waals surface area contributed by atoms with Crippen LogP contribution in [-0.4, -0.2) is 30.6 Å². The Hall–Kier alpha value is -0.640. The molecule has 2 unspecified atom stereocenters. The third kappa shape index (κ3) is 3.44. The van der Waals surface area contributed by atoms with Gasteiger partial charge in [-0.05, 0) is 51.1 Å². The van der Waals surface area contributed by atoms with E-state index in [9.17, 15) is 4.39 Å². The quantitative estimate of drug-likeness (QED) is 0.908. The van der Waals surface area contributed by atoms with Crippen LogP contribution < -0.4 is 5.32 Å². The van der Waals surface area contributed by atoms with Gasteiger partial charge in [0.05, 0.1) is 5.02 Å². The first-order valence-corrected chi connectivity index (χ1v) is 6.81. The standard InChI is InChI=1S/C14H20ClFN2/c1-10-7-12(5-6-18(10)2)17-9-11-3-4-14(16)13(15)8-11/h3-4,8,10,12,17H,5-7,9H2,1-2H3. The number of hydrogen-bond donors (Lipinski definition) is 1. The zero-order chi connectivity index (χ0) is 13.1. The maximum Gasteiger partial charge on any atom is 0.141 e. The molecular formula is C14H20ClFN2. The summed E-state index contributed by atoms with van der Waals surface area (Å²) < 4.78 is 13.0. The maximum atomic E-state index is 13.0. The molecule has 0 aliphatic carbocycles. The van der Waals surface area contributed by atoms with Crippen LogP contribution in [0.2, 0.25) is 5.02 Å². The first-order chi connectivity index (χ1) is 8.56. The van der Waals surface area contributed by atoms with E-state index in [0.717, 1.165) is 31.5 Å². The van der Waals surface area contributed by atoms with E-state index in [4.69, 9.17) is 11.6 Å². The highest BCUT2D eigenvalue weighted by atomic mass is 35.5. The molecule has 2 nitrogen and oxygen atoms in total. The smallest absolute Gasteiger partial charge is 0.141 e. The van der Waals surface area contributed by atoms with Crippen LogP contribution in [0.25, 0.3) is 0 Å². The largest absolute Gasteiger partial charge is 0.310 e. The molecule has 0 saturated carbocycles. The van der Waals surface area contributed by atoms with Gasteiger partial charge in [0, 0.05) is 18.6 Å². The Morgan fingerprint density at radius 2 is 2.28 bits per heavy atom. The lowest BCUT2D eigenvalue weighted by molar-refractivity contribution is 0.168. The molecule has 100 valence electrons. The first-order valence-electron chi connectivity index (χ1n) is 6.44. The van der Waals surface area contributed by atoms with E-state index in [0.29, 0.717) is 12.1 Å². The monoisotopic (exact) mass is 270 g/mol. The van der Waals surface area contributed by atoms with Crippen LogP contribution in [0.3, 0.4) is 0 Å². The van der Waals surface area contributed by atoms with Crippen molar-refractivity contribution >= 4 is 11.6 Å². The molecule has 1 saturated heterocycles. The van der Waals surface area contributed by atoms with E-state index in [2.05, 4.69) is 24.2 Å². The van der Waals surface area contributed by atoms with Crippen molar-refractivity contribution in [3.05, 3.63) is 34.6 Å². The number of piperidine rings is 1. The minimum atomic E-state index is -0.353. The SMILES string of the molecule is CC1CC(NCc2ccc(F)c(Cl)c2)CCN1C. The number of nitrogens with zero attached hydrogens (tertiary/aromatic N) is 1. The van der Waals surface area contributed by atoms with Gasteiger partial charge in [0.1, 0.15) is 5.82 Å². The molecule has 2 rings (SSSR count). The first kappa shape index (κ1) is 13.8. The van der Waals surface area contributed by atoms with Crippen LogP contribution >= 0.6 is 11.6 Å². The van der Waals surface area contributed by atoms with Crippen molar-refractivity contribution in [1.82, 2.24) is 10.2 Å². The van der Waals surface area contributed by atoms with Crippen LogP contribution in [-0.2, 0) is 6.54 Å². The summed E-state index contributed by atoms with van der Waals surface area (Å²) in [5, 5.41) is 3.73. The molecule has 1 aliphatic heterocycles. The molecule has 2 atom stereocenters. The molecular weight excluding hydrogens is 251 g/mol. The lowest BCUT2D eigenvalue weighted by Crippen LogP contribution is -2.45. The summed E-state index contributed by atoms with van der Waals surface area (Å²) in [6.45, 7) is 4.13. The minimum absolute atomic E-state index is 0.200. The predicted octanol–water partition coefficient (Wildman–Crippen LogP) is 3.05. The fourth-order valence-electron chi connectivity index (χ4n) is 2.39. The van der Waals surface area contributed by atoms with Gasteiger partial charge in [0.2, 0.25) is 0 Å². The predicted molar refractivity (Wildman–Crippen MR) is 73.4 cm³/mol. The minimum Gasteiger partial charge on any atom is -0.310 e. The summed E-state index contributed by atoms with van der Waals surface area (Å²) in [6, 6.07) is 6.07. The van der Waals surface area contributed by atoms with E-state index in [1.54, 1.807) is 12.1 Å². The molecule has 1 aliphatic rings. The summed E-state index contributed by atoms with van der Waals surface area (Å²) in [5.74, 6) is -0.353. The highest BCUT2D eigenvalue weighted by molar-refractivity contribution is 6.30. The topological polar surface area (TPSA) is 15.3 Å². The Bertz CT molecular complexity index is 411. The number of hydrogen-bond acceptors (Lipinski definition) is 2. The molecule has 1 fully saturated rings. The average molecular weight is 271 g/mol. The van der Waals surface area contributed by atoms with Crippen molar-refractivity contribution in [3.63, 3.8) is 0 Å². The third-order valence-corrected chi connectivity index (χ3v) is 4.08. The fourth-order valence-corrected chi connectivity index (χ4v) is 2.59. The number of likely N-dealkylation sites (tertiary alicyclic amines) is 1. The van der Waals surface area contributed by atoms with Gasteiger partial charge < -0.3 is 10.2 Å². The van der Waals surface area contributed by atoms with E-state index in [1.807, 2.05) is 0 Å². The summed E-state index contributed by atoms with van der Waals surface area (Å²) >= 11 is 5.77. The van der Waals surface area contributed by atoms with Gasteiger partial charge in [-0.15, -0.1) is 0 Å². The van der Waals surface area contributed by atoms with Crippen molar-refractivity contribution in [2.45, 2.75) is 38.4 Å². The lowest BCUT2D eigenvalue weighted by Gasteiger charge is -2.35. The molecule has 1 heterocycles. The van der Waals surface area contributed by atoms with Crippen molar-refractivity contribution in [2.75, 3.05) is 13.6 Å². The molecule has 0 amide bonds. The van der Waals surface area contributed by atoms with Gasteiger partial charge in [-0.1, -0.05) is 17.7 Å². The Morgan fingerprint density at radius 1 is 1.50 bits per heavy atom. The number of nitrogens with one attached hydrogen (secondary N) is 1. The zero-order valence-electron chi connectivity index (χ0n) is 10.9. The number of rotatable bonds is 3. The molecule has 0 aromatic heterocycles. The maximum absolute atomic E-state index is 13.0. The van der Waals surface area contributed by atoms with Gasteiger partial charge in [0.15, 0.2) is 0 Å². The Morgan fingerprint density at radius 3 is 2.94 bits per heavy atom. The molecule has 0 spiro atoms. The lowest BCUT2D eigenvalue weighted by atomic mass is 9.99. The fraction of sp³-hybridized carbons (Fsp3) is 0.571. The van der Waals surface area contributed by atoms with Crippen molar-refractivity contribution in [2.24, 2.45) is 0 Å². The number of halogens is 2. The van der Waals surface area contributed by atoms with Crippen molar-refractivity contribution < 1.29 is 4.39 Å². The molecule has 1 N–H and O–H groups in total. The summed E-state index contributed by atoms with van der Waals surface area (Å²) in [7, 11) is 2.17. The van der Waals surface area contributed by atoms with Crippen molar-refractivity contribution in [3.8, 4) is 0 Å². The summed E-state index contributed by atoms with van der Waals surface area (Å²) in [6.07, 6.45) is 2.32. The van der Waals surface area contributed by atoms with Gasteiger partial charge in [-0.3, -0.25) is 0 Å². The average Bonchev–Trinajstić information content (AvgIpc) is 2.35. The number of benzene rings is 1. The van der Waals surface area contributed by atoms with Crippen LogP contribution in [0.4, 0.5) is 4.39 Å². The summed E-state index contributed by atoms with van der Waals surface area (Å²) in [4.78, 5) is 2.38. The van der Waals surface area contributed by atoms with Gasteiger partial charge in [-0.25, -0.2) is 4.39 Å². The molecule has 1 aromatic carbocycles. The normalized spacial score (nSPS) is 25.3. The Labute approximate surface area is 113 Å². The van der Waals surface area contributed by atoms with E-state index < -0.39 is 0 Å². The molecule has 0 bridgehead atoms. The van der Waals surface area contributed by atoms with Gasteiger partial charge in [-0.2, -0.15) is 0 Å². The Kier molecular flexibility index (Phi) is 4.60. The summed E-state index contributed by atoms with van der Waals surface area (Å²) in [5.41, 5.74) is 1.04. The van der Waals surface area contributed by atoms with Crippen molar-refractivity contribution in [1.29, 1.82) is 0 Å². The zero-order valence-corrected chi connectivity index (χ0v) is 11.7. The van der Waals surface area contributed by atoms with Gasteiger partial charge >= 0.3 is 0 Å². The van der Waals surface area contributed by atoms with E-state index in [-0.39, 0.29) is 10.8 Å². The molecule has 4 heteroatoms. The second-order valence-corrected chi connectivity index (χ2v) is 5.59.